The molecular weight excluding hydrogens is 379 g/mol. The van der Waals surface area contributed by atoms with Gasteiger partial charge in [-0.1, -0.05) is 6.07 Å². The summed E-state index contributed by atoms with van der Waals surface area (Å²) < 4.78 is 16.2. The Morgan fingerprint density at radius 2 is 2.11 bits per heavy atom. The van der Waals surface area contributed by atoms with E-state index in [0.29, 0.717) is 16.5 Å². The molecule has 3 nitrogen and oxygen atoms in total. The molecule has 0 amide bonds. The third-order valence-electron chi connectivity index (χ3n) is 2.98. The van der Waals surface area contributed by atoms with Crippen LogP contribution in [0.2, 0.25) is 0 Å². The van der Waals surface area contributed by atoms with Crippen molar-refractivity contribution in [3.8, 4) is 0 Å². The number of hydrogen-bond acceptors (Lipinski definition) is 2. The molecular formula is C13H13Br2FN2O. The van der Waals surface area contributed by atoms with Gasteiger partial charge in [-0.15, -0.1) is 0 Å². The monoisotopic (exact) mass is 390 g/mol. The van der Waals surface area contributed by atoms with E-state index in [0.717, 1.165) is 15.9 Å². The van der Waals surface area contributed by atoms with Crippen LogP contribution in [-0.2, 0) is 13.5 Å². The number of rotatable bonds is 3. The predicted octanol–water partition coefficient (Wildman–Crippen LogP) is 3.67. The van der Waals surface area contributed by atoms with Crippen LogP contribution < -0.4 is 0 Å². The molecule has 1 heterocycles. The lowest BCUT2D eigenvalue weighted by atomic mass is 10.0. The first-order valence-electron chi connectivity index (χ1n) is 5.71. The fourth-order valence-electron chi connectivity index (χ4n) is 1.92. The fourth-order valence-corrected chi connectivity index (χ4v) is 2.82. The Bertz CT molecular complexity index is 613. The SMILES string of the molecule is Cc1nn(C)c(CC(O)c2ccc(F)c(Br)c2)c1Br. The Morgan fingerprint density at radius 1 is 1.42 bits per heavy atom. The molecule has 0 aliphatic carbocycles. The minimum absolute atomic E-state index is 0.339. The van der Waals surface area contributed by atoms with Gasteiger partial charge in [-0.3, -0.25) is 4.68 Å². The molecule has 6 heteroatoms. The molecule has 0 radical (unpaired) electrons. The first-order valence-corrected chi connectivity index (χ1v) is 7.29. The van der Waals surface area contributed by atoms with Crippen LogP contribution in [0.5, 0.6) is 0 Å². The number of halogens is 3. The maximum Gasteiger partial charge on any atom is 0.137 e. The number of aliphatic hydroxyl groups excluding tert-OH is 1. The van der Waals surface area contributed by atoms with E-state index in [2.05, 4.69) is 37.0 Å². The standard InChI is InChI=1S/C13H13Br2FN2O/c1-7-13(15)11(18(2)17-7)6-12(19)8-3-4-10(16)9(14)5-8/h3-5,12,19H,6H2,1-2H3. The largest absolute Gasteiger partial charge is 0.388 e. The second kappa shape index (κ2) is 5.73. The Hall–Kier alpha value is -0.720. The molecule has 19 heavy (non-hydrogen) atoms. The van der Waals surface area contributed by atoms with Crippen LogP contribution in [-0.4, -0.2) is 14.9 Å². The lowest BCUT2D eigenvalue weighted by Gasteiger charge is -2.12. The molecule has 2 rings (SSSR count). The first kappa shape index (κ1) is 14.7. The van der Waals surface area contributed by atoms with Crippen molar-refractivity contribution in [3.63, 3.8) is 0 Å². The first-order chi connectivity index (χ1) is 8.90. The number of nitrogens with zero attached hydrogens (tertiary/aromatic N) is 2. The third kappa shape index (κ3) is 3.07. The van der Waals surface area contributed by atoms with Crippen molar-refractivity contribution in [1.29, 1.82) is 0 Å². The lowest BCUT2D eigenvalue weighted by molar-refractivity contribution is 0.175. The summed E-state index contributed by atoms with van der Waals surface area (Å²) in [6.07, 6.45) is -0.293. The van der Waals surface area contributed by atoms with Gasteiger partial charge in [-0.25, -0.2) is 4.39 Å². The summed E-state index contributed by atoms with van der Waals surface area (Å²) in [7, 11) is 1.83. The molecule has 0 bridgehead atoms. The van der Waals surface area contributed by atoms with E-state index in [9.17, 15) is 9.50 Å². The van der Waals surface area contributed by atoms with E-state index in [1.54, 1.807) is 16.8 Å². The zero-order chi connectivity index (χ0) is 14.2. The lowest BCUT2D eigenvalue weighted by Crippen LogP contribution is -2.07. The minimum atomic E-state index is -0.706. The summed E-state index contributed by atoms with van der Waals surface area (Å²) in [6.45, 7) is 1.90. The van der Waals surface area contributed by atoms with Crippen molar-refractivity contribution >= 4 is 31.9 Å². The molecule has 1 aromatic carbocycles. The maximum atomic E-state index is 13.2. The summed E-state index contributed by atoms with van der Waals surface area (Å²) >= 11 is 6.58. The van der Waals surface area contributed by atoms with Gasteiger partial charge in [0.15, 0.2) is 0 Å². The second-order valence-electron chi connectivity index (χ2n) is 4.36. The Morgan fingerprint density at radius 3 is 2.63 bits per heavy atom. The van der Waals surface area contributed by atoms with E-state index in [1.165, 1.54) is 6.07 Å². The fraction of sp³-hybridized carbons (Fsp3) is 0.308. The summed E-state index contributed by atoms with van der Waals surface area (Å²) in [5, 5.41) is 14.5. The number of aliphatic hydroxyl groups is 1. The summed E-state index contributed by atoms with van der Waals surface area (Å²) in [5.74, 6) is -0.339. The number of aryl methyl sites for hydroxylation is 2. The van der Waals surface area contributed by atoms with Crippen molar-refractivity contribution in [2.45, 2.75) is 19.4 Å². The number of aromatic nitrogens is 2. The zero-order valence-corrected chi connectivity index (χ0v) is 13.7. The highest BCUT2D eigenvalue weighted by Crippen LogP contribution is 2.27. The second-order valence-corrected chi connectivity index (χ2v) is 6.01. The highest BCUT2D eigenvalue weighted by atomic mass is 79.9. The molecule has 2 aromatic rings. The Balaban J connectivity index is 2.25. The van der Waals surface area contributed by atoms with Crippen LogP contribution in [0.3, 0.4) is 0 Å². The van der Waals surface area contributed by atoms with E-state index in [4.69, 9.17) is 0 Å². The van der Waals surface area contributed by atoms with Crippen LogP contribution >= 0.6 is 31.9 Å². The summed E-state index contributed by atoms with van der Waals surface area (Å²) in [6, 6.07) is 4.52. The van der Waals surface area contributed by atoms with Gasteiger partial charge in [0.25, 0.3) is 0 Å². The smallest absolute Gasteiger partial charge is 0.137 e. The predicted molar refractivity (Wildman–Crippen MR) is 78.4 cm³/mol. The van der Waals surface area contributed by atoms with Gasteiger partial charge in [0, 0.05) is 13.5 Å². The van der Waals surface area contributed by atoms with Gasteiger partial charge in [-0.2, -0.15) is 5.10 Å². The molecule has 0 fully saturated rings. The van der Waals surface area contributed by atoms with Crippen LogP contribution in [0.4, 0.5) is 4.39 Å². The molecule has 0 spiro atoms. The molecule has 0 saturated heterocycles. The molecule has 1 atom stereocenters. The molecule has 1 unspecified atom stereocenters. The molecule has 0 saturated carbocycles. The van der Waals surface area contributed by atoms with Gasteiger partial charge in [0.2, 0.25) is 0 Å². The average Bonchev–Trinajstić information content (AvgIpc) is 2.59. The van der Waals surface area contributed by atoms with E-state index < -0.39 is 6.10 Å². The highest BCUT2D eigenvalue weighted by Gasteiger charge is 2.17. The topological polar surface area (TPSA) is 38.0 Å². The van der Waals surface area contributed by atoms with E-state index >= 15 is 0 Å². The van der Waals surface area contributed by atoms with Gasteiger partial charge < -0.3 is 5.11 Å². The summed E-state index contributed by atoms with van der Waals surface area (Å²) in [4.78, 5) is 0. The highest BCUT2D eigenvalue weighted by molar-refractivity contribution is 9.10. The van der Waals surface area contributed by atoms with Crippen LogP contribution in [0, 0.1) is 12.7 Å². The van der Waals surface area contributed by atoms with Crippen LogP contribution in [0.25, 0.3) is 0 Å². The molecule has 102 valence electrons. The number of benzene rings is 1. The molecule has 0 aliphatic heterocycles. The molecule has 0 aliphatic rings. The van der Waals surface area contributed by atoms with Crippen molar-refractivity contribution in [1.82, 2.24) is 9.78 Å². The van der Waals surface area contributed by atoms with Crippen LogP contribution in [0.15, 0.2) is 27.1 Å². The Labute approximate surface area is 127 Å². The number of hydrogen-bond donors (Lipinski definition) is 1. The third-order valence-corrected chi connectivity index (χ3v) is 4.62. The van der Waals surface area contributed by atoms with Crippen LogP contribution in [0.1, 0.15) is 23.1 Å². The summed E-state index contributed by atoms with van der Waals surface area (Å²) in [5.41, 5.74) is 2.45. The normalized spacial score (nSPS) is 12.7. The average molecular weight is 392 g/mol. The van der Waals surface area contributed by atoms with Crippen molar-refractivity contribution in [2.24, 2.45) is 7.05 Å². The van der Waals surface area contributed by atoms with Crippen molar-refractivity contribution in [3.05, 3.63) is 49.9 Å². The Kier molecular flexibility index (Phi) is 4.43. The van der Waals surface area contributed by atoms with Gasteiger partial charge in [0.1, 0.15) is 5.82 Å². The quantitative estimate of drug-likeness (QED) is 0.866. The van der Waals surface area contributed by atoms with Gasteiger partial charge in [-0.05, 0) is 56.5 Å². The molecule has 1 aromatic heterocycles. The van der Waals surface area contributed by atoms with Crippen molar-refractivity contribution in [2.75, 3.05) is 0 Å². The van der Waals surface area contributed by atoms with Gasteiger partial charge in [0.05, 0.1) is 26.4 Å². The minimum Gasteiger partial charge on any atom is -0.388 e. The van der Waals surface area contributed by atoms with Crippen molar-refractivity contribution < 1.29 is 9.50 Å². The molecule has 1 N–H and O–H groups in total. The zero-order valence-electron chi connectivity index (χ0n) is 10.5. The van der Waals surface area contributed by atoms with E-state index in [1.807, 2.05) is 14.0 Å². The van der Waals surface area contributed by atoms with Gasteiger partial charge >= 0.3 is 0 Å². The maximum absolute atomic E-state index is 13.2. The van der Waals surface area contributed by atoms with E-state index in [-0.39, 0.29) is 5.82 Å².